The van der Waals surface area contributed by atoms with Crippen LogP contribution >= 0.6 is 11.6 Å². The molecule has 1 rings (SSSR count). The van der Waals surface area contributed by atoms with Crippen molar-refractivity contribution >= 4 is 11.6 Å². The molecule has 0 saturated carbocycles. The molecule has 0 fully saturated rings. The summed E-state index contributed by atoms with van der Waals surface area (Å²) in [6, 6.07) is 0. The Morgan fingerprint density at radius 1 is 1.00 bits per heavy atom. The Balaban J connectivity index is -0.000000135. The molecule has 3 nitrogen and oxygen atoms in total. The SMILES string of the molecule is C#CC.C/C=C/C(C)C(C)/C=C\CC.C=C(C)N/C(C)=C/C.C=C(NCC1=CCC(Cl)=C(F)C=C1)C(=C)/C(C)=C(/C)N.CC.CC.CCC. The zero-order chi connectivity index (χ0) is 40.0. The molecule has 5 heteroatoms. The van der Waals surface area contributed by atoms with Crippen molar-refractivity contribution in [2.45, 2.75) is 130 Å². The van der Waals surface area contributed by atoms with E-state index in [2.05, 4.69) is 109 Å². The van der Waals surface area contributed by atoms with E-state index in [0.29, 0.717) is 36.2 Å². The molecular weight excluding hydrogens is 625 g/mol. The highest BCUT2D eigenvalue weighted by Crippen LogP contribution is 2.22. The summed E-state index contributed by atoms with van der Waals surface area (Å²) in [7, 11) is 0. The molecule has 0 aliphatic heterocycles. The fourth-order valence-corrected chi connectivity index (χ4v) is 3.12. The van der Waals surface area contributed by atoms with E-state index in [4.69, 9.17) is 17.3 Å². The molecule has 0 heterocycles. The lowest BCUT2D eigenvalue weighted by Crippen LogP contribution is -2.17. The van der Waals surface area contributed by atoms with Crippen LogP contribution in [0.1, 0.15) is 130 Å². The number of halogens is 2. The minimum Gasteiger partial charge on any atom is -0.402 e. The minimum absolute atomic E-state index is 0.219. The number of rotatable bonds is 11. The van der Waals surface area contributed by atoms with E-state index in [0.717, 1.165) is 34.5 Å². The molecule has 0 bridgehead atoms. The fraction of sp³-hybridized carbons (Fsp3) is 0.500. The molecule has 0 amide bonds. The van der Waals surface area contributed by atoms with Gasteiger partial charge in [-0.05, 0) is 89.5 Å². The van der Waals surface area contributed by atoms with Crippen LogP contribution in [0, 0.1) is 24.2 Å². The third-order valence-corrected chi connectivity index (χ3v) is 6.34. The zero-order valence-corrected chi connectivity index (χ0v) is 35.4. The van der Waals surface area contributed by atoms with Crippen molar-refractivity contribution in [3.05, 3.63) is 119 Å². The highest BCUT2D eigenvalue weighted by atomic mass is 35.5. The van der Waals surface area contributed by atoms with E-state index in [-0.39, 0.29) is 5.03 Å². The standard InChI is InChI=1S/C16H20ClFN2.C11H20.C7H13N.C3H8.C3H4.2C2H6/c1-10(12(3)19)11(2)13(4)20-9-14-5-7-15(17)16(18)8-6-14;1-5-7-9-11(4)10(3)8-6-2;1-5-7(4)8-6(2)3;2*1-3-2;2*1-2/h5-6,8,20H,2,4,7,9,19H2,1,3H3;6-11H,5H2,1-4H3;5,8H,2H2,1,3-4H3;3H2,1-2H3;1H,2H3;2*1-2H3/b12-10-;8-6+,9-7-;7-5+;;;;. The summed E-state index contributed by atoms with van der Waals surface area (Å²) in [5, 5.41) is 6.44. The number of terminal acetylenes is 1. The predicted octanol–water partition coefficient (Wildman–Crippen LogP) is 14.1. The Kier molecular flexibility index (Phi) is 50.3. The van der Waals surface area contributed by atoms with E-state index in [1.54, 1.807) is 13.0 Å². The average Bonchev–Trinajstić information content (AvgIpc) is 3.24. The van der Waals surface area contributed by atoms with Crippen molar-refractivity contribution in [3.8, 4) is 12.3 Å². The van der Waals surface area contributed by atoms with E-state index in [1.165, 1.54) is 12.5 Å². The third kappa shape index (κ3) is 40.7. The summed E-state index contributed by atoms with van der Waals surface area (Å²) in [5.41, 5.74) is 11.9. The topological polar surface area (TPSA) is 50.1 Å². The van der Waals surface area contributed by atoms with Crippen molar-refractivity contribution in [1.29, 1.82) is 0 Å². The third-order valence-electron chi connectivity index (χ3n) is 6.00. The van der Waals surface area contributed by atoms with Gasteiger partial charge in [-0.15, -0.1) is 12.3 Å². The van der Waals surface area contributed by atoms with Gasteiger partial charge >= 0.3 is 0 Å². The molecule has 49 heavy (non-hydrogen) atoms. The molecule has 0 aromatic carbocycles. The molecule has 0 aromatic rings. The highest BCUT2D eigenvalue weighted by Gasteiger charge is 2.07. The van der Waals surface area contributed by atoms with E-state index < -0.39 is 5.83 Å². The summed E-state index contributed by atoms with van der Waals surface area (Å²) >= 11 is 5.76. The van der Waals surface area contributed by atoms with Crippen molar-refractivity contribution in [3.63, 3.8) is 0 Å². The second kappa shape index (κ2) is 42.6. The first kappa shape index (κ1) is 57.8. The number of hydrogen-bond donors (Lipinski definition) is 3. The largest absolute Gasteiger partial charge is 0.402 e. The Morgan fingerprint density at radius 2 is 1.47 bits per heavy atom. The van der Waals surface area contributed by atoms with Gasteiger partial charge < -0.3 is 16.4 Å². The maximum atomic E-state index is 13.3. The molecule has 2 unspecified atom stereocenters. The van der Waals surface area contributed by atoms with E-state index >= 15 is 0 Å². The maximum absolute atomic E-state index is 13.3. The van der Waals surface area contributed by atoms with Gasteiger partial charge in [-0.2, -0.15) is 0 Å². The average molecular weight is 703 g/mol. The second-order valence-corrected chi connectivity index (χ2v) is 11.1. The summed E-state index contributed by atoms with van der Waals surface area (Å²) in [6.07, 6.45) is 23.3. The Labute approximate surface area is 310 Å². The first-order chi connectivity index (χ1) is 23.0. The van der Waals surface area contributed by atoms with Crippen LogP contribution in [0.2, 0.25) is 0 Å². The van der Waals surface area contributed by atoms with Gasteiger partial charge in [0.25, 0.3) is 0 Å². The van der Waals surface area contributed by atoms with E-state index in [1.807, 2.05) is 74.5 Å². The molecule has 4 N–H and O–H groups in total. The molecule has 2 atom stereocenters. The van der Waals surface area contributed by atoms with Crippen LogP contribution in [0.4, 0.5) is 4.39 Å². The summed E-state index contributed by atoms with van der Waals surface area (Å²) in [4.78, 5) is 0. The number of hydrogen-bond acceptors (Lipinski definition) is 3. The second-order valence-electron chi connectivity index (χ2n) is 10.6. The normalized spacial score (nSPS) is 13.2. The molecule has 1 aliphatic carbocycles. The summed E-state index contributed by atoms with van der Waals surface area (Å²) in [6.45, 7) is 44.4. The highest BCUT2D eigenvalue weighted by molar-refractivity contribution is 6.30. The molecule has 282 valence electrons. The quantitative estimate of drug-likeness (QED) is 0.114. The Hall–Kier alpha value is -3.42. The smallest absolute Gasteiger partial charge is 0.138 e. The fourth-order valence-electron chi connectivity index (χ4n) is 2.98. The van der Waals surface area contributed by atoms with Crippen LogP contribution < -0.4 is 16.4 Å². The monoisotopic (exact) mass is 702 g/mol. The number of nitrogens with two attached hydrogens (primary N) is 1. The van der Waals surface area contributed by atoms with Gasteiger partial charge in [0.1, 0.15) is 5.83 Å². The molecule has 0 saturated heterocycles. The maximum Gasteiger partial charge on any atom is 0.138 e. The van der Waals surface area contributed by atoms with Crippen LogP contribution in [0.15, 0.2) is 119 Å². The van der Waals surface area contributed by atoms with Crippen LogP contribution in [0.3, 0.4) is 0 Å². The molecule has 1 aliphatic rings. The lowest BCUT2D eigenvalue weighted by Gasteiger charge is -2.14. The number of nitrogens with one attached hydrogen (secondary N) is 2. The van der Waals surface area contributed by atoms with Crippen LogP contribution in [0.5, 0.6) is 0 Å². The van der Waals surface area contributed by atoms with Crippen LogP contribution in [0.25, 0.3) is 0 Å². The van der Waals surface area contributed by atoms with Gasteiger partial charge in [-0.25, -0.2) is 4.39 Å². The van der Waals surface area contributed by atoms with Crippen molar-refractivity contribution in [2.75, 3.05) is 6.54 Å². The van der Waals surface area contributed by atoms with Crippen LogP contribution in [-0.4, -0.2) is 6.54 Å². The van der Waals surface area contributed by atoms with Crippen molar-refractivity contribution in [2.24, 2.45) is 17.6 Å². The summed E-state index contributed by atoms with van der Waals surface area (Å²) in [5.74, 6) is 3.20. The number of allylic oxidation sites excluding steroid dienone is 13. The molecule has 0 aromatic heterocycles. The van der Waals surface area contributed by atoms with Gasteiger partial charge in [0.05, 0.1) is 5.03 Å². The van der Waals surface area contributed by atoms with Crippen LogP contribution in [-0.2, 0) is 0 Å². The van der Waals surface area contributed by atoms with Gasteiger partial charge in [0, 0.05) is 35.8 Å². The first-order valence-corrected chi connectivity index (χ1v) is 18.1. The molecular formula is C44H77ClFN3. The predicted molar refractivity (Wildman–Crippen MR) is 228 cm³/mol. The Bertz CT molecular complexity index is 1120. The summed E-state index contributed by atoms with van der Waals surface area (Å²) < 4.78 is 13.3. The van der Waals surface area contributed by atoms with Crippen molar-refractivity contribution in [1.82, 2.24) is 10.6 Å². The van der Waals surface area contributed by atoms with E-state index in [9.17, 15) is 4.39 Å². The lowest BCUT2D eigenvalue weighted by molar-refractivity contribution is 0.556. The molecule has 0 spiro atoms. The first-order valence-electron chi connectivity index (χ1n) is 17.7. The van der Waals surface area contributed by atoms with Gasteiger partial charge in [-0.3, -0.25) is 0 Å². The van der Waals surface area contributed by atoms with Crippen molar-refractivity contribution < 1.29 is 4.39 Å². The van der Waals surface area contributed by atoms with Gasteiger partial charge in [0.15, 0.2) is 0 Å². The Morgan fingerprint density at radius 3 is 1.84 bits per heavy atom. The minimum atomic E-state index is -0.390. The zero-order valence-electron chi connectivity index (χ0n) is 34.6. The molecule has 0 radical (unpaired) electrons. The van der Waals surface area contributed by atoms with Gasteiger partial charge in [0.2, 0.25) is 0 Å². The van der Waals surface area contributed by atoms with Gasteiger partial charge in [-0.1, -0.05) is 143 Å². The lowest BCUT2D eigenvalue weighted by atomic mass is 9.95.